The molecule has 0 fully saturated rings. The average Bonchev–Trinajstić information content (AvgIpc) is 2.60. The van der Waals surface area contributed by atoms with E-state index in [1.807, 2.05) is 30.5 Å². The maximum absolute atomic E-state index is 5.71. The number of likely N-dealkylation sites (N-methyl/N-ethyl adjacent to an activating group) is 1. The maximum Gasteiger partial charge on any atom is 0.140 e. The fraction of sp³-hybridized carbons (Fsp3) is 0.350. The minimum atomic E-state index is 0.262. The van der Waals surface area contributed by atoms with Crippen molar-refractivity contribution in [2.24, 2.45) is 5.73 Å². The lowest BCUT2D eigenvalue weighted by atomic mass is 10.1. The molecule has 0 amide bonds. The summed E-state index contributed by atoms with van der Waals surface area (Å²) < 4.78 is 0. The number of anilines is 1. The molecular weight excluding hydrogens is 310 g/mol. The standard InChI is InChI=1S/C20H25N5/c1-14-9-11-22-16(12-14)13-15(2)25(3)20-17-6-4-5-7-18(17)23-19(24-20)8-10-21/h4-7,9,11-12,15H,8,10,13,21H2,1-3H3. The summed E-state index contributed by atoms with van der Waals surface area (Å²) in [6.07, 6.45) is 3.42. The number of fused-ring (bicyclic) bond motifs is 1. The maximum atomic E-state index is 5.71. The van der Waals surface area contributed by atoms with Gasteiger partial charge in [0.2, 0.25) is 0 Å². The number of aromatic nitrogens is 3. The zero-order valence-electron chi connectivity index (χ0n) is 15.1. The summed E-state index contributed by atoms with van der Waals surface area (Å²) >= 11 is 0. The van der Waals surface area contributed by atoms with Crippen LogP contribution in [0, 0.1) is 6.92 Å². The second-order valence-corrected chi connectivity index (χ2v) is 6.51. The van der Waals surface area contributed by atoms with Crippen LogP contribution in [0.3, 0.4) is 0 Å². The number of hydrogen-bond donors (Lipinski definition) is 1. The summed E-state index contributed by atoms with van der Waals surface area (Å²) in [5.41, 5.74) is 9.00. The van der Waals surface area contributed by atoms with Crippen LogP contribution in [0.25, 0.3) is 10.9 Å². The van der Waals surface area contributed by atoms with E-state index in [2.05, 4.69) is 47.9 Å². The molecule has 5 nitrogen and oxygen atoms in total. The first-order valence-corrected chi connectivity index (χ1v) is 8.68. The molecule has 1 atom stereocenters. The summed E-state index contributed by atoms with van der Waals surface area (Å²) in [5, 5.41) is 1.06. The highest BCUT2D eigenvalue weighted by atomic mass is 15.2. The van der Waals surface area contributed by atoms with E-state index >= 15 is 0 Å². The van der Waals surface area contributed by atoms with Crippen LogP contribution in [0.15, 0.2) is 42.6 Å². The molecule has 130 valence electrons. The Hall–Kier alpha value is -2.53. The lowest BCUT2D eigenvalue weighted by Gasteiger charge is -2.27. The third-order valence-corrected chi connectivity index (χ3v) is 4.47. The number of nitrogens with two attached hydrogens (primary N) is 1. The molecule has 25 heavy (non-hydrogen) atoms. The molecule has 1 unspecified atom stereocenters. The third-order valence-electron chi connectivity index (χ3n) is 4.47. The van der Waals surface area contributed by atoms with Crippen LogP contribution >= 0.6 is 0 Å². The number of para-hydroxylation sites is 1. The lowest BCUT2D eigenvalue weighted by Crippen LogP contribution is -2.32. The first kappa shape index (κ1) is 17.3. The van der Waals surface area contributed by atoms with Crippen LogP contribution in [-0.4, -0.2) is 34.6 Å². The first-order valence-electron chi connectivity index (χ1n) is 8.68. The summed E-state index contributed by atoms with van der Waals surface area (Å²) in [4.78, 5) is 16.1. The molecule has 3 rings (SSSR count). The number of benzene rings is 1. The molecule has 0 spiro atoms. The molecule has 2 aromatic heterocycles. The van der Waals surface area contributed by atoms with Gasteiger partial charge < -0.3 is 10.6 Å². The lowest BCUT2D eigenvalue weighted by molar-refractivity contribution is 0.663. The van der Waals surface area contributed by atoms with Crippen molar-refractivity contribution in [1.82, 2.24) is 15.0 Å². The zero-order chi connectivity index (χ0) is 17.8. The highest BCUT2D eigenvalue weighted by molar-refractivity contribution is 5.89. The Morgan fingerprint density at radius 1 is 1.16 bits per heavy atom. The van der Waals surface area contributed by atoms with Gasteiger partial charge >= 0.3 is 0 Å². The quantitative estimate of drug-likeness (QED) is 0.750. The Labute approximate surface area is 148 Å². The number of rotatable bonds is 6. The van der Waals surface area contributed by atoms with Crippen molar-refractivity contribution in [1.29, 1.82) is 0 Å². The van der Waals surface area contributed by atoms with Crippen LogP contribution in [0.4, 0.5) is 5.82 Å². The second kappa shape index (κ2) is 7.57. The van der Waals surface area contributed by atoms with E-state index < -0.39 is 0 Å². The second-order valence-electron chi connectivity index (χ2n) is 6.51. The molecule has 2 N–H and O–H groups in total. The van der Waals surface area contributed by atoms with E-state index in [9.17, 15) is 0 Å². The fourth-order valence-corrected chi connectivity index (χ4v) is 2.98. The predicted octanol–water partition coefficient (Wildman–Crippen LogP) is 2.90. The Balaban J connectivity index is 1.93. The van der Waals surface area contributed by atoms with E-state index in [0.717, 1.165) is 34.7 Å². The van der Waals surface area contributed by atoms with E-state index in [-0.39, 0.29) is 6.04 Å². The number of pyridine rings is 1. The van der Waals surface area contributed by atoms with E-state index in [0.29, 0.717) is 13.0 Å². The fourth-order valence-electron chi connectivity index (χ4n) is 2.98. The van der Waals surface area contributed by atoms with Crippen LogP contribution in [-0.2, 0) is 12.8 Å². The van der Waals surface area contributed by atoms with Crippen molar-refractivity contribution in [3.63, 3.8) is 0 Å². The van der Waals surface area contributed by atoms with Crippen molar-refractivity contribution in [2.75, 3.05) is 18.5 Å². The van der Waals surface area contributed by atoms with Crippen molar-refractivity contribution in [3.05, 3.63) is 59.7 Å². The molecule has 0 saturated heterocycles. The van der Waals surface area contributed by atoms with Gasteiger partial charge in [-0.05, 0) is 50.2 Å². The molecule has 0 aliphatic heterocycles. The summed E-state index contributed by atoms with van der Waals surface area (Å²) in [6, 6.07) is 12.6. The molecule has 1 aromatic carbocycles. The average molecular weight is 335 g/mol. The van der Waals surface area contributed by atoms with Gasteiger partial charge in [-0.3, -0.25) is 4.98 Å². The molecule has 0 saturated carbocycles. The Kier molecular flexibility index (Phi) is 5.24. The molecule has 0 aliphatic rings. The van der Waals surface area contributed by atoms with Crippen molar-refractivity contribution in [3.8, 4) is 0 Å². The van der Waals surface area contributed by atoms with Gasteiger partial charge in [-0.15, -0.1) is 0 Å². The summed E-state index contributed by atoms with van der Waals surface area (Å²) in [7, 11) is 2.08. The van der Waals surface area contributed by atoms with Crippen LogP contribution in [0.5, 0.6) is 0 Å². The minimum Gasteiger partial charge on any atom is -0.356 e. The molecule has 0 aliphatic carbocycles. The van der Waals surface area contributed by atoms with E-state index in [4.69, 9.17) is 10.7 Å². The Morgan fingerprint density at radius 3 is 2.72 bits per heavy atom. The van der Waals surface area contributed by atoms with Gasteiger partial charge in [0.15, 0.2) is 0 Å². The normalized spacial score (nSPS) is 12.3. The molecule has 0 bridgehead atoms. The van der Waals surface area contributed by atoms with Gasteiger partial charge in [0.25, 0.3) is 0 Å². The van der Waals surface area contributed by atoms with Gasteiger partial charge in [0.1, 0.15) is 11.6 Å². The van der Waals surface area contributed by atoms with Crippen molar-refractivity contribution in [2.45, 2.75) is 32.7 Å². The van der Waals surface area contributed by atoms with Gasteiger partial charge in [-0.1, -0.05) is 12.1 Å². The molecule has 2 heterocycles. The molecular formula is C20H25N5. The largest absolute Gasteiger partial charge is 0.356 e. The topological polar surface area (TPSA) is 67.9 Å². The summed E-state index contributed by atoms with van der Waals surface area (Å²) in [5.74, 6) is 1.75. The molecule has 0 radical (unpaired) electrons. The predicted molar refractivity (Wildman–Crippen MR) is 103 cm³/mol. The SMILES string of the molecule is Cc1ccnc(CC(C)N(C)c2nc(CCN)nc3ccccc23)c1. The van der Waals surface area contributed by atoms with E-state index in [1.165, 1.54) is 5.56 Å². The molecule has 5 heteroatoms. The van der Waals surface area contributed by atoms with Crippen LogP contribution < -0.4 is 10.6 Å². The highest BCUT2D eigenvalue weighted by Crippen LogP contribution is 2.25. The van der Waals surface area contributed by atoms with E-state index in [1.54, 1.807) is 0 Å². The van der Waals surface area contributed by atoms with Gasteiger partial charge in [0.05, 0.1) is 5.52 Å². The summed E-state index contributed by atoms with van der Waals surface area (Å²) in [6.45, 7) is 4.84. The first-order chi connectivity index (χ1) is 12.1. The van der Waals surface area contributed by atoms with Crippen LogP contribution in [0.2, 0.25) is 0 Å². The number of hydrogen-bond acceptors (Lipinski definition) is 5. The van der Waals surface area contributed by atoms with Crippen molar-refractivity contribution >= 4 is 16.7 Å². The van der Waals surface area contributed by atoms with Crippen LogP contribution in [0.1, 0.15) is 24.0 Å². The number of aryl methyl sites for hydroxylation is 1. The third kappa shape index (κ3) is 3.94. The van der Waals surface area contributed by atoms with Gasteiger partial charge in [0, 0.05) is 43.2 Å². The highest BCUT2D eigenvalue weighted by Gasteiger charge is 2.17. The van der Waals surface area contributed by atoms with Gasteiger partial charge in [-0.25, -0.2) is 9.97 Å². The van der Waals surface area contributed by atoms with Gasteiger partial charge in [-0.2, -0.15) is 0 Å². The number of nitrogens with zero attached hydrogens (tertiary/aromatic N) is 4. The zero-order valence-corrected chi connectivity index (χ0v) is 15.1. The molecule has 3 aromatic rings. The monoisotopic (exact) mass is 335 g/mol. The van der Waals surface area contributed by atoms with Crippen molar-refractivity contribution < 1.29 is 0 Å². The smallest absolute Gasteiger partial charge is 0.140 e. The Bertz CT molecular complexity index is 862. The minimum absolute atomic E-state index is 0.262. The Morgan fingerprint density at radius 2 is 1.96 bits per heavy atom.